The normalized spacial score (nSPS) is 19.7. The zero-order valence-corrected chi connectivity index (χ0v) is 44.1. The number of benzene rings is 4. The van der Waals surface area contributed by atoms with Gasteiger partial charge in [-0.2, -0.15) is 13.0 Å². The number of hydrogen-bond acceptors (Lipinski definition) is 11. The third kappa shape index (κ3) is 11.0. The Labute approximate surface area is 424 Å². The first-order chi connectivity index (χ1) is 33.9. The molecule has 0 bridgehead atoms. The highest BCUT2D eigenvalue weighted by Gasteiger charge is 2.54. The monoisotopic (exact) mass is 1040 g/mol. The van der Waals surface area contributed by atoms with Crippen LogP contribution in [0, 0.1) is 0 Å². The van der Waals surface area contributed by atoms with Crippen LogP contribution in [0.5, 0.6) is 5.75 Å². The van der Waals surface area contributed by atoms with Crippen molar-refractivity contribution in [2.45, 2.75) is 94.2 Å². The highest BCUT2D eigenvalue weighted by atomic mass is 32.2. The van der Waals surface area contributed by atoms with Crippen molar-refractivity contribution >= 4 is 64.5 Å². The Hall–Kier alpha value is -5.57. The van der Waals surface area contributed by atoms with Crippen molar-refractivity contribution in [3.63, 3.8) is 0 Å². The number of nitrogens with zero attached hydrogens (tertiary/aromatic N) is 3. The molecule has 4 N–H and O–H groups in total. The molecular formula is C53H65N6O10S3+. The van der Waals surface area contributed by atoms with Crippen LogP contribution in [-0.4, -0.2) is 121 Å². The zero-order chi connectivity index (χ0) is 51.4. The summed E-state index contributed by atoms with van der Waals surface area (Å²) < 4.78 is 101. The van der Waals surface area contributed by atoms with Crippen molar-refractivity contribution in [2.24, 2.45) is 0 Å². The number of amides is 1. The average Bonchev–Trinajstić information content (AvgIpc) is 3.68. The van der Waals surface area contributed by atoms with Gasteiger partial charge in [-0.25, -0.2) is 16.8 Å². The van der Waals surface area contributed by atoms with Gasteiger partial charge >= 0.3 is 0 Å². The minimum absolute atomic E-state index is 0.0402. The lowest BCUT2D eigenvalue weighted by Crippen LogP contribution is -2.47. The molecule has 4 aromatic carbocycles. The van der Waals surface area contributed by atoms with E-state index in [0.29, 0.717) is 36.8 Å². The van der Waals surface area contributed by atoms with Crippen molar-refractivity contribution in [1.29, 1.82) is 0 Å². The average molecular weight is 1040 g/mol. The number of ether oxygens (including phenoxy) is 2. The summed E-state index contributed by atoms with van der Waals surface area (Å²) in [6.45, 7) is 13.4. The summed E-state index contributed by atoms with van der Waals surface area (Å²) in [4.78, 5) is 18.1. The molecule has 72 heavy (non-hydrogen) atoms. The Morgan fingerprint density at radius 3 is 2.15 bits per heavy atom. The maximum Gasteiger partial charge on any atom is 0.294 e. The summed E-state index contributed by atoms with van der Waals surface area (Å²) in [5.74, 6) is 0.579. The first-order valence-corrected chi connectivity index (χ1v) is 29.7. The molecule has 0 radical (unpaired) electrons. The standard InChI is InChI=1S/C53H64N6O10S3/c1-52(2)43-31-36(11-19-45(43)58-27-22-47-41(50(52)58)34-42-48(69-47)23-28-59-46-20-18-40(72(65,66)67)33-44(46)53(3,4)51(42)59)32-49(60)54-24-7-8-25-57(26-21-35-9-12-37(13-10-35)55-70(5,61)62)29-30-68-39-16-14-38(15-17-39)56-71(6,63)64/h9-20,31,33-34,47-48,55-56H,7-8,21-30,32H2,1-6H3,(H-,54,60,65,66,67)/p+1. The van der Waals surface area contributed by atoms with Gasteiger partial charge in [-0.15, -0.1) is 0 Å². The molecule has 0 spiro atoms. The van der Waals surface area contributed by atoms with E-state index < -0.39 is 35.6 Å². The van der Waals surface area contributed by atoms with Crippen LogP contribution < -0.4 is 24.4 Å². The predicted molar refractivity (Wildman–Crippen MR) is 280 cm³/mol. The first kappa shape index (κ1) is 51.3. The van der Waals surface area contributed by atoms with Gasteiger partial charge < -0.3 is 19.7 Å². The number of nitrogens with one attached hydrogen (secondary N) is 3. The molecule has 2 atom stereocenters. The van der Waals surface area contributed by atoms with E-state index in [0.717, 1.165) is 116 Å². The second-order valence-corrected chi connectivity index (χ2v) is 25.6. The van der Waals surface area contributed by atoms with Gasteiger partial charge in [0.25, 0.3) is 10.1 Å². The van der Waals surface area contributed by atoms with Crippen molar-refractivity contribution in [2.75, 3.05) is 72.7 Å². The minimum atomic E-state index is -4.37. The Morgan fingerprint density at radius 1 is 0.792 bits per heavy atom. The molecule has 5 aliphatic rings. The van der Waals surface area contributed by atoms with Crippen LogP contribution in [0.3, 0.4) is 0 Å². The maximum absolute atomic E-state index is 13.5. The van der Waals surface area contributed by atoms with Gasteiger partial charge in [-0.1, -0.05) is 38.1 Å². The van der Waals surface area contributed by atoms with E-state index in [2.05, 4.69) is 81.1 Å². The molecule has 16 nitrogen and oxygen atoms in total. The second kappa shape index (κ2) is 19.7. The fourth-order valence-corrected chi connectivity index (χ4v) is 12.9. The summed E-state index contributed by atoms with van der Waals surface area (Å²) in [7, 11) is -11.1. The first-order valence-electron chi connectivity index (χ1n) is 24.5. The van der Waals surface area contributed by atoms with Crippen molar-refractivity contribution in [3.8, 4) is 5.75 Å². The molecule has 5 aliphatic heterocycles. The quantitative estimate of drug-likeness (QED) is 0.0442. The van der Waals surface area contributed by atoms with E-state index in [1.807, 2.05) is 12.1 Å². The fraction of sp³-hybridized carbons (Fsp3) is 0.434. The largest absolute Gasteiger partial charge is 0.492 e. The molecule has 19 heteroatoms. The number of carbonyl (C=O) groups excluding carboxylic acids is 1. The Balaban J connectivity index is 0.826. The highest BCUT2D eigenvalue weighted by molar-refractivity contribution is 7.92. The number of sulfonamides is 2. The van der Waals surface area contributed by atoms with E-state index in [1.165, 1.54) is 17.3 Å². The van der Waals surface area contributed by atoms with E-state index >= 15 is 0 Å². The predicted octanol–water partition coefficient (Wildman–Crippen LogP) is 6.67. The van der Waals surface area contributed by atoms with Crippen LogP contribution >= 0.6 is 0 Å². The third-order valence-corrected chi connectivity index (χ3v) is 16.5. The van der Waals surface area contributed by atoms with Gasteiger partial charge in [0.1, 0.15) is 12.4 Å². The van der Waals surface area contributed by atoms with Gasteiger partial charge in [-0.3, -0.25) is 23.7 Å². The fourth-order valence-electron chi connectivity index (χ4n) is 11.2. The number of unbranched alkanes of at least 4 members (excludes halogenated alkanes) is 1. The van der Waals surface area contributed by atoms with Crippen molar-refractivity contribution < 1.29 is 48.6 Å². The number of fused-ring (bicyclic) bond motifs is 8. The summed E-state index contributed by atoms with van der Waals surface area (Å²) in [6.07, 6.45) is 8.67. The lowest BCUT2D eigenvalue weighted by Gasteiger charge is -2.42. The molecule has 0 aliphatic carbocycles. The van der Waals surface area contributed by atoms with Crippen LogP contribution in [0.2, 0.25) is 0 Å². The SMILES string of the molecule is CC1(C)C2=C3C=C4C5=[N+](CCC4OC3CCN2c2ccc(CC(=O)NCCCCN(CCOc3ccc(NS(C)(=O)=O)cc3)CCc3ccc(NS(C)(=O)=O)cc3)cc21)c1ccc(S(=O)(=O)O)cc1C5(C)C. The van der Waals surface area contributed by atoms with Crippen LogP contribution in [0.25, 0.3) is 0 Å². The topological polar surface area (TPSA) is 204 Å². The number of rotatable bonds is 19. The number of carbonyl (C=O) groups is 1. The molecule has 1 amide bonds. The Kier molecular flexibility index (Phi) is 14.0. The van der Waals surface area contributed by atoms with Gasteiger partial charge in [0.2, 0.25) is 31.6 Å². The number of allylic oxidation sites excluding steroid dienone is 1. The van der Waals surface area contributed by atoms with Crippen LogP contribution in [0.15, 0.2) is 113 Å². The van der Waals surface area contributed by atoms with Gasteiger partial charge in [0, 0.05) is 83.6 Å². The number of hydrogen-bond donors (Lipinski definition) is 4. The molecule has 9 rings (SSSR count). The van der Waals surface area contributed by atoms with Crippen molar-refractivity contribution in [3.05, 3.63) is 130 Å². The zero-order valence-electron chi connectivity index (χ0n) is 41.7. The lowest BCUT2D eigenvalue weighted by molar-refractivity contribution is -0.445. The van der Waals surface area contributed by atoms with Gasteiger partial charge in [-0.05, 0) is 123 Å². The summed E-state index contributed by atoms with van der Waals surface area (Å²) >= 11 is 0. The summed E-state index contributed by atoms with van der Waals surface area (Å²) in [6, 6.07) is 25.4. The minimum Gasteiger partial charge on any atom is -0.492 e. The van der Waals surface area contributed by atoms with E-state index in [9.17, 15) is 34.6 Å². The van der Waals surface area contributed by atoms with Crippen LogP contribution in [-0.2, 0) is 63.4 Å². The smallest absolute Gasteiger partial charge is 0.294 e. The third-order valence-electron chi connectivity index (χ3n) is 14.5. The van der Waals surface area contributed by atoms with Crippen molar-refractivity contribution in [1.82, 2.24) is 10.2 Å². The van der Waals surface area contributed by atoms with E-state index in [1.54, 1.807) is 48.5 Å². The lowest BCUT2D eigenvalue weighted by atomic mass is 9.74. The molecule has 384 valence electrons. The molecule has 0 saturated heterocycles. The molecule has 5 heterocycles. The molecule has 0 aromatic heterocycles. The number of anilines is 3. The van der Waals surface area contributed by atoms with E-state index in [-0.39, 0.29) is 34.8 Å². The maximum atomic E-state index is 13.5. The molecule has 4 aromatic rings. The Bertz CT molecular complexity index is 3220. The summed E-state index contributed by atoms with van der Waals surface area (Å²) in [5, 5.41) is 3.15. The molecule has 0 saturated carbocycles. The van der Waals surface area contributed by atoms with Crippen LogP contribution in [0.1, 0.15) is 75.6 Å². The summed E-state index contributed by atoms with van der Waals surface area (Å²) in [5.41, 5.74) is 10.8. The Morgan fingerprint density at radius 2 is 1.47 bits per heavy atom. The molecule has 2 unspecified atom stereocenters. The molecule has 0 fully saturated rings. The second-order valence-electron chi connectivity index (χ2n) is 20.6. The van der Waals surface area contributed by atoms with Gasteiger partial charge in [0.15, 0.2) is 12.3 Å². The van der Waals surface area contributed by atoms with Gasteiger partial charge in [0.05, 0.1) is 41.5 Å². The van der Waals surface area contributed by atoms with E-state index in [4.69, 9.17) is 9.47 Å². The molecular weight excluding hydrogens is 977 g/mol. The van der Waals surface area contributed by atoms with Crippen LogP contribution in [0.4, 0.5) is 22.7 Å². The highest BCUT2D eigenvalue weighted by Crippen LogP contribution is 2.54.